The van der Waals surface area contributed by atoms with Crippen LogP contribution >= 0.6 is 0 Å². The van der Waals surface area contributed by atoms with Gasteiger partial charge in [-0.2, -0.15) is 18.3 Å². The van der Waals surface area contributed by atoms with Crippen molar-refractivity contribution in [3.8, 4) is 0 Å². The molecule has 0 saturated carbocycles. The van der Waals surface area contributed by atoms with Crippen molar-refractivity contribution in [1.29, 1.82) is 0 Å². The van der Waals surface area contributed by atoms with Gasteiger partial charge in [0.25, 0.3) is 11.5 Å². The first-order valence-corrected chi connectivity index (χ1v) is 9.94. The molecule has 0 atom stereocenters. The van der Waals surface area contributed by atoms with E-state index < -0.39 is 40.4 Å². The molecule has 0 saturated heterocycles. The fourth-order valence-electron chi connectivity index (χ4n) is 3.39. The number of aromatic nitrogens is 4. The molecule has 0 aliphatic heterocycles. The van der Waals surface area contributed by atoms with Crippen molar-refractivity contribution in [3.63, 3.8) is 0 Å². The third kappa shape index (κ3) is 4.65. The minimum Gasteiger partial charge on any atom is -0.350 e. The molecule has 1 amide bonds. The van der Waals surface area contributed by atoms with E-state index in [9.17, 15) is 31.5 Å². The quantitative estimate of drug-likeness (QED) is 0.432. The number of fused-ring (bicyclic) bond motifs is 1. The summed E-state index contributed by atoms with van der Waals surface area (Å²) in [6.07, 6.45) is -2.06. The highest BCUT2D eigenvalue weighted by Crippen LogP contribution is 2.29. The van der Waals surface area contributed by atoms with E-state index in [1.54, 1.807) is 0 Å². The summed E-state index contributed by atoms with van der Waals surface area (Å²) < 4.78 is 68.7. The van der Waals surface area contributed by atoms with Gasteiger partial charge in [0.2, 0.25) is 0 Å². The summed E-state index contributed by atoms with van der Waals surface area (Å²) in [4.78, 5) is 29.0. The van der Waals surface area contributed by atoms with E-state index >= 15 is 0 Å². The minimum absolute atomic E-state index is 0.0510. The van der Waals surface area contributed by atoms with E-state index in [-0.39, 0.29) is 36.2 Å². The summed E-state index contributed by atoms with van der Waals surface area (Å²) in [6, 6.07) is 7.70. The van der Waals surface area contributed by atoms with Gasteiger partial charge in [0.15, 0.2) is 5.65 Å². The maximum atomic E-state index is 13.7. The molecule has 0 aliphatic carbocycles. The van der Waals surface area contributed by atoms with Crippen LogP contribution in [0.2, 0.25) is 0 Å². The topological polar surface area (TPSA) is 81.8 Å². The van der Waals surface area contributed by atoms with Crippen molar-refractivity contribution in [2.45, 2.75) is 19.3 Å². The SMILES string of the molecule is O=C(NCCn1ncc2c(=O)n(Cc3cccc(C(F)(F)F)c3)cnc21)c1c(F)cccc1F. The summed E-state index contributed by atoms with van der Waals surface area (Å²) in [5, 5.41) is 6.55. The summed E-state index contributed by atoms with van der Waals surface area (Å²) in [5.74, 6) is -2.93. The highest BCUT2D eigenvalue weighted by atomic mass is 19.4. The average molecular weight is 477 g/mol. The van der Waals surface area contributed by atoms with Crippen molar-refractivity contribution in [2.75, 3.05) is 6.54 Å². The van der Waals surface area contributed by atoms with Gasteiger partial charge in [0.1, 0.15) is 28.9 Å². The second-order valence-electron chi connectivity index (χ2n) is 7.33. The van der Waals surface area contributed by atoms with Gasteiger partial charge in [-0.25, -0.2) is 18.4 Å². The molecule has 2 heterocycles. The summed E-state index contributed by atoms with van der Waals surface area (Å²) in [6.45, 7) is -0.130. The Bertz CT molecular complexity index is 1410. The van der Waals surface area contributed by atoms with Gasteiger partial charge in [-0.05, 0) is 29.8 Å². The van der Waals surface area contributed by atoms with E-state index in [2.05, 4.69) is 15.4 Å². The number of amides is 1. The summed E-state index contributed by atoms with van der Waals surface area (Å²) in [5.41, 5.74) is -1.57. The number of halogens is 5. The maximum absolute atomic E-state index is 13.7. The van der Waals surface area contributed by atoms with Crippen LogP contribution in [0.25, 0.3) is 11.0 Å². The van der Waals surface area contributed by atoms with Crippen molar-refractivity contribution >= 4 is 16.9 Å². The van der Waals surface area contributed by atoms with Gasteiger partial charge >= 0.3 is 6.18 Å². The lowest BCUT2D eigenvalue weighted by Gasteiger charge is -2.10. The van der Waals surface area contributed by atoms with Crippen LogP contribution in [0, 0.1) is 11.6 Å². The van der Waals surface area contributed by atoms with Gasteiger partial charge in [-0.15, -0.1) is 0 Å². The number of nitrogens with zero attached hydrogens (tertiary/aromatic N) is 4. The zero-order chi connectivity index (χ0) is 24.5. The molecule has 2 aromatic carbocycles. The van der Waals surface area contributed by atoms with E-state index in [0.29, 0.717) is 0 Å². The Morgan fingerprint density at radius 3 is 2.47 bits per heavy atom. The van der Waals surface area contributed by atoms with Gasteiger partial charge < -0.3 is 5.32 Å². The molecule has 0 bridgehead atoms. The molecule has 2 aromatic heterocycles. The predicted molar refractivity (Wildman–Crippen MR) is 111 cm³/mol. The molecule has 4 rings (SSSR count). The first kappa shape index (κ1) is 23.1. The third-order valence-electron chi connectivity index (χ3n) is 5.03. The molecule has 1 N–H and O–H groups in total. The van der Waals surface area contributed by atoms with Crippen LogP contribution in [-0.2, 0) is 19.3 Å². The Balaban J connectivity index is 1.48. The zero-order valence-corrected chi connectivity index (χ0v) is 17.3. The van der Waals surface area contributed by atoms with Gasteiger partial charge in [-0.3, -0.25) is 14.2 Å². The molecule has 0 spiro atoms. The molecule has 0 aliphatic rings. The van der Waals surface area contributed by atoms with Crippen LogP contribution in [0.5, 0.6) is 0 Å². The number of benzene rings is 2. The van der Waals surface area contributed by atoms with E-state index in [1.807, 2.05) is 0 Å². The van der Waals surface area contributed by atoms with Crippen molar-refractivity contribution in [1.82, 2.24) is 24.6 Å². The summed E-state index contributed by atoms with van der Waals surface area (Å²) in [7, 11) is 0. The fraction of sp³-hybridized carbons (Fsp3) is 0.182. The highest BCUT2D eigenvalue weighted by molar-refractivity contribution is 5.94. The van der Waals surface area contributed by atoms with Crippen LogP contribution in [0.3, 0.4) is 0 Å². The van der Waals surface area contributed by atoms with E-state index in [4.69, 9.17) is 0 Å². The number of hydrogen-bond acceptors (Lipinski definition) is 4. The Labute approximate surface area is 188 Å². The van der Waals surface area contributed by atoms with Crippen LogP contribution in [0.1, 0.15) is 21.5 Å². The highest BCUT2D eigenvalue weighted by Gasteiger charge is 2.30. The number of rotatable bonds is 6. The minimum atomic E-state index is -4.50. The van der Waals surface area contributed by atoms with Gasteiger partial charge in [0, 0.05) is 6.54 Å². The number of alkyl halides is 3. The van der Waals surface area contributed by atoms with Crippen molar-refractivity contribution in [3.05, 3.63) is 93.7 Å². The van der Waals surface area contributed by atoms with Gasteiger partial charge in [-0.1, -0.05) is 18.2 Å². The van der Waals surface area contributed by atoms with E-state index in [1.165, 1.54) is 29.3 Å². The molecule has 7 nitrogen and oxygen atoms in total. The van der Waals surface area contributed by atoms with Crippen LogP contribution in [0.15, 0.2) is 59.8 Å². The molecule has 12 heteroatoms. The molecule has 4 aromatic rings. The van der Waals surface area contributed by atoms with Crippen molar-refractivity contribution in [2.24, 2.45) is 0 Å². The molecular weight excluding hydrogens is 461 g/mol. The standard InChI is InChI=1S/C22H16F5N5O2/c23-16-5-2-6-17(24)18(16)20(33)28-7-8-32-19-15(10-30-32)21(34)31(12-29-19)11-13-3-1-4-14(9-13)22(25,26)27/h1-6,9-10,12H,7-8,11H2,(H,28,33). The fourth-order valence-corrected chi connectivity index (χ4v) is 3.39. The average Bonchev–Trinajstić information content (AvgIpc) is 3.19. The predicted octanol–water partition coefficient (Wildman–Crippen LogP) is 3.37. The number of carbonyl (C=O) groups is 1. The third-order valence-corrected chi connectivity index (χ3v) is 5.03. The lowest BCUT2D eigenvalue weighted by atomic mass is 10.1. The Kier molecular flexibility index (Phi) is 6.14. The summed E-state index contributed by atoms with van der Waals surface area (Å²) >= 11 is 0. The Hall–Kier alpha value is -4.09. The monoisotopic (exact) mass is 477 g/mol. The first-order chi connectivity index (χ1) is 16.1. The molecule has 0 radical (unpaired) electrons. The molecule has 176 valence electrons. The second kappa shape index (κ2) is 9.04. The molecular formula is C22H16F5N5O2. The molecule has 34 heavy (non-hydrogen) atoms. The number of hydrogen-bond donors (Lipinski definition) is 1. The van der Waals surface area contributed by atoms with Crippen LogP contribution in [0.4, 0.5) is 22.0 Å². The largest absolute Gasteiger partial charge is 0.416 e. The number of nitrogens with one attached hydrogen (secondary N) is 1. The Morgan fingerprint density at radius 2 is 1.76 bits per heavy atom. The zero-order valence-electron chi connectivity index (χ0n) is 17.3. The normalized spacial score (nSPS) is 11.7. The molecule has 0 unspecified atom stereocenters. The van der Waals surface area contributed by atoms with E-state index in [0.717, 1.165) is 34.9 Å². The Morgan fingerprint density at radius 1 is 1.06 bits per heavy atom. The maximum Gasteiger partial charge on any atom is 0.416 e. The molecule has 0 fully saturated rings. The first-order valence-electron chi connectivity index (χ1n) is 9.94. The number of carbonyl (C=O) groups excluding carboxylic acids is 1. The lowest BCUT2D eigenvalue weighted by molar-refractivity contribution is -0.137. The smallest absolute Gasteiger partial charge is 0.350 e. The van der Waals surface area contributed by atoms with Crippen LogP contribution < -0.4 is 10.9 Å². The van der Waals surface area contributed by atoms with Gasteiger partial charge in [0.05, 0.1) is 24.8 Å². The van der Waals surface area contributed by atoms with Crippen LogP contribution in [-0.4, -0.2) is 31.8 Å². The lowest BCUT2D eigenvalue weighted by Crippen LogP contribution is -2.29. The second-order valence-corrected chi connectivity index (χ2v) is 7.33. The van der Waals surface area contributed by atoms with Crippen molar-refractivity contribution < 1.29 is 26.7 Å².